The highest BCUT2D eigenvalue weighted by atomic mass is 16.5. The van der Waals surface area contributed by atoms with Crippen molar-refractivity contribution in [1.29, 1.82) is 0 Å². The quantitative estimate of drug-likeness (QED) is 0.575. The summed E-state index contributed by atoms with van der Waals surface area (Å²) < 4.78 is 4.72. The highest BCUT2D eigenvalue weighted by Gasteiger charge is 2.18. The van der Waals surface area contributed by atoms with E-state index in [1.165, 1.54) is 7.11 Å². The standard InChI is InChI=1S/C13H17NO3/c1-3-8-14-12(13(16)17-2)9-10-4-6-11(15)7-5-10/h3-7,12,14-15H,1,8-9H2,2H3. The highest BCUT2D eigenvalue weighted by molar-refractivity contribution is 5.76. The maximum atomic E-state index is 11.5. The van der Waals surface area contributed by atoms with E-state index in [9.17, 15) is 4.79 Å². The summed E-state index contributed by atoms with van der Waals surface area (Å²) in [7, 11) is 1.36. The van der Waals surface area contributed by atoms with Crippen LogP contribution in [0.5, 0.6) is 5.75 Å². The van der Waals surface area contributed by atoms with Crippen molar-refractivity contribution >= 4 is 5.97 Å². The van der Waals surface area contributed by atoms with Crippen LogP contribution in [0, 0.1) is 0 Å². The number of phenols is 1. The van der Waals surface area contributed by atoms with Crippen LogP contribution in [0.25, 0.3) is 0 Å². The van der Waals surface area contributed by atoms with Gasteiger partial charge in [-0.15, -0.1) is 6.58 Å². The summed E-state index contributed by atoms with van der Waals surface area (Å²) in [5.74, 6) is -0.0951. The molecule has 17 heavy (non-hydrogen) atoms. The zero-order chi connectivity index (χ0) is 12.7. The summed E-state index contributed by atoms with van der Waals surface area (Å²) in [4.78, 5) is 11.5. The van der Waals surface area contributed by atoms with E-state index >= 15 is 0 Å². The lowest BCUT2D eigenvalue weighted by Crippen LogP contribution is -2.39. The minimum absolute atomic E-state index is 0.211. The summed E-state index contributed by atoms with van der Waals surface area (Å²) >= 11 is 0. The van der Waals surface area contributed by atoms with Crippen LogP contribution in [0.2, 0.25) is 0 Å². The average Bonchev–Trinajstić information content (AvgIpc) is 2.36. The van der Waals surface area contributed by atoms with Gasteiger partial charge in [-0.3, -0.25) is 4.79 Å². The molecule has 1 aromatic carbocycles. The number of carbonyl (C=O) groups is 1. The topological polar surface area (TPSA) is 58.6 Å². The molecule has 0 saturated heterocycles. The first-order valence-electron chi connectivity index (χ1n) is 5.37. The molecule has 0 spiro atoms. The predicted molar refractivity (Wildman–Crippen MR) is 65.8 cm³/mol. The van der Waals surface area contributed by atoms with Crippen LogP contribution < -0.4 is 5.32 Å². The normalized spacial score (nSPS) is 11.8. The van der Waals surface area contributed by atoms with Crippen molar-refractivity contribution < 1.29 is 14.6 Å². The molecule has 1 unspecified atom stereocenters. The van der Waals surface area contributed by atoms with E-state index < -0.39 is 6.04 Å². The maximum Gasteiger partial charge on any atom is 0.323 e. The van der Waals surface area contributed by atoms with Gasteiger partial charge in [0.1, 0.15) is 11.8 Å². The molecular weight excluding hydrogens is 218 g/mol. The molecule has 1 atom stereocenters. The van der Waals surface area contributed by atoms with Crippen molar-refractivity contribution in [3.8, 4) is 5.75 Å². The van der Waals surface area contributed by atoms with Gasteiger partial charge in [0.15, 0.2) is 0 Å². The van der Waals surface area contributed by atoms with E-state index in [0.717, 1.165) is 5.56 Å². The Bertz CT molecular complexity index is 373. The Labute approximate surface area is 101 Å². The minimum Gasteiger partial charge on any atom is -0.508 e. The number of ether oxygens (including phenoxy) is 1. The van der Waals surface area contributed by atoms with Crippen molar-refractivity contribution in [1.82, 2.24) is 5.32 Å². The van der Waals surface area contributed by atoms with Crippen LogP contribution in [0.1, 0.15) is 5.56 Å². The third kappa shape index (κ3) is 4.28. The number of rotatable bonds is 6. The lowest BCUT2D eigenvalue weighted by molar-refractivity contribution is -0.143. The second kappa shape index (κ2) is 6.70. The number of methoxy groups -OCH3 is 1. The Morgan fingerprint density at radius 3 is 2.71 bits per heavy atom. The summed E-state index contributed by atoms with van der Waals surface area (Å²) in [5.41, 5.74) is 0.953. The second-order valence-electron chi connectivity index (χ2n) is 3.64. The largest absolute Gasteiger partial charge is 0.508 e. The molecule has 0 aliphatic carbocycles. The Morgan fingerprint density at radius 1 is 1.53 bits per heavy atom. The number of carbonyl (C=O) groups excluding carboxylic acids is 1. The van der Waals surface area contributed by atoms with Gasteiger partial charge in [-0.2, -0.15) is 0 Å². The van der Waals surface area contributed by atoms with Crippen LogP contribution in [0.15, 0.2) is 36.9 Å². The minimum atomic E-state index is -0.400. The van der Waals surface area contributed by atoms with Gasteiger partial charge in [-0.25, -0.2) is 0 Å². The Morgan fingerprint density at radius 2 is 2.18 bits per heavy atom. The van der Waals surface area contributed by atoms with Crippen molar-refractivity contribution in [3.63, 3.8) is 0 Å². The summed E-state index contributed by atoms with van der Waals surface area (Å²) in [6.07, 6.45) is 2.20. The highest BCUT2D eigenvalue weighted by Crippen LogP contribution is 2.11. The molecule has 0 aliphatic rings. The molecule has 1 aromatic rings. The zero-order valence-corrected chi connectivity index (χ0v) is 9.85. The van der Waals surface area contributed by atoms with Gasteiger partial charge in [0.25, 0.3) is 0 Å². The van der Waals surface area contributed by atoms with Crippen LogP contribution >= 0.6 is 0 Å². The fraction of sp³-hybridized carbons (Fsp3) is 0.308. The molecule has 0 bridgehead atoms. The van der Waals surface area contributed by atoms with Crippen molar-refractivity contribution in [3.05, 3.63) is 42.5 Å². The molecule has 1 rings (SSSR count). The van der Waals surface area contributed by atoms with Gasteiger partial charge < -0.3 is 15.2 Å². The molecule has 92 valence electrons. The molecule has 0 aromatic heterocycles. The number of esters is 1. The molecule has 4 nitrogen and oxygen atoms in total. The Balaban J connectivity index is 2.67. The van der Waals surface area contributed by atoms with Gasteiger partial charge in [-0.05, 0) is 24.1 Å². The van der Waals surface area contributed by atoms with E-state index in [4.69, 9.17) is 9.84 Å². The van der Waals surface area contributed by atoms with Crippen LogP contribution in [-0.2, 0) is 16.0 Å². The third-order valence-corrected chi connectivity index (χ3v) is 2.37. The van der Waals surface area contributed by atoms with Gasteiger partial charge in [0, 0.05) is 6.54 Å². The van der Waals surface area contributed by atoms with Crippen molar-refractivity contribution in [2.45, 2.75) is 12.5 Å². The summed E-state index contributed by atoms with van der Waals surface area (Å²) in [5, 5.41) is 12.2. The second-order valence-corrected chi connectivity index (χ2v) is 3.64. The smallest absolute Gasteiger partial charge is 0.323 e. The van der Waals surface area contributed by atoms with Gasteiger partial charge >= 0.3 is 5.97 Å². The fourth-order valence-corrected chi connectivity index (χ4v) is 1.47. The number of phenolic OH excluding ortho intramolecular Hbond substituents is 1. The number of hydrogen-bond donors (Lipinski definition) is 2. The monoisotopic (exact) mass is 235 g/mol. The molecular formula is C13H17NO3. The van der Waals surface area contributed by atoms with Crippen molar-refractivity contribution in [2.24, 2.45) is 0 Å². The molecule has 0 aliphatic heterocycles. The van der Waals surface area contributed by atoms with Crippen LogP contribution in [-0.4, -0.2) is 30.8 Å². The number of hydrogen-bond acceptors (Lipinski definition) is 4. The number of aromatic hydroxyl groups is 1. The summed E-state index contributed by atoms with van der Waals surface area (Å²) in [6, 6.07) is 6.35. The molecule has 4 heteroatoms. The molecule has 0 saturated carbocycles. The Kier molecular flexibility index (Phi) is 5.23. The summed E-state index contributed by atoms with van der Waals surface area (Å²) in [6.45, 7) is 4.13. The van der Waals surface area contributed by atoms with Crippen LogP contribution in [0.3, 0.4) is 0 Å². The lowest BCUT2D eigenvalue weighted by atomic mass is 10.1. The van der Waals surface area contributed by atoms with Gasteiger partial charge in [0.05, 0.1) is 7.11 Å². The predicted octanol–water partition coefficient (Wildman–Crippen LogP) is 1.25. The van der Waals surface area contributed by atoms with E-state index in [0.29, 0.717) is 13.0 Å². The first-order chi connectivity index (χ1) is 8.17. The SMILES string of the molecule is C=CCNC(Cc1ccc(O)cc1)C(=O)OC. The Hall–Kier alpha value is -1.81. The molecule has 0 heterocycles. The van der Waals surface area contributed by atoms with Gasteiger partial charge in [-0.1, -0.05) is 18.2 Å². The van der Waals surface area contributed by atoms with E-state index in [-0.39, 0.29) is 11.7 Å². The average molecular weight is 235 g/mol. The fourth-order valence-electron chi connectivity index (χ4n) is 1.47. The van der Waals surface area contributed by atoms with E-state index in [2.05, 4.69) is 11.9 Å². The first-order valence-corrected chi connectivity index (χ1v) is 5.37. The molecule has 0 radical (unpaired) electrons. The number of nitrogens with one attached hydrogen (secondary N) is 1. The number of benzene rings is 1. The lowest BCUT2D eigenvalue weighted by Gasteiger charge is -2.15. The molecule has 0 fully saturated rings. The third-order valence-electron chi connectivity index (χ3n) is 2.37. The van der Waals surface area contributed by atoms with Crippen molar-refractivity contribution in [2.75, 3.05) is 13.7 Å². The van der Waals surface area contributed by atoms with Gasteiger partial charge in [0.2, 0.25) is 0 Å². The molecule has 0 amide bonds. The van der Waals surface area contributed by atoms with Crippen LogP contribution in [0.4, 0.5) is 0 Å². The first kappa shape index (κ1) is 13.3. The van der Waals surface area contributed by atoms with E-state index in [1.807, 2.05) is 0 Å². The zero-order valence-electron chi connectivity index (χ0n) is 9.85. The molecule has 2 N–H and O–H groups in total. The van der Waals surface area contributed by atoms with E-state index in [1.54, 1.807) is 30.3 Å². The maximum absolute atomic E-state index is 11.5.